The predicted octanol–water partition coefficient (Wildman–Crippen LogP) is 1.54. The van der Waals surface area contributed by atoms with Crippen molar-refractivity contribution in [3.8, 4) is 0 Å². The van der Waals surface area contributed by atoms with E-state index < -0.39 is 5.97 Å². The average molecular weight is 329 g/mol. The number of quaternary nitrogens is 1. The van der Waals surface area contributed by atoms with Gasteiger partial charge in [0.1, 0.15) is 5.82 Å². The highest BCUT2D eigenvalue weighted by molar-refractivity contribution is 5.91. The molecule has 1 fully saturated rings. The number of pyridine rings is 2. The number of anilines is 2. The molecule has 0 aliphatic carbocycles. The largest absolute Gasteiger partial charge is 0.545 e. The molecular formula is C17H23N5O2. The van der Waals surface area contributed by atoms with Gasteiger partial charge in [0.25, 0.3) is 0 Å². The van der Waals surface area contributed by atoms with Gasteiger partial charge in [0, 0.05) is 49.5 Å². The van der Waals surface area contributed by atoms with Gasteiger partial charge in [0.05, 0.1) is 5.97 Å². The lowest BCUT2D eigenvalue weighted by Gasteiger charge is -2.33. The molecule has 1 aliphatic heterocycles. The molecule has 0 spiro atoms. The number of piperidine rings is 1. The summed E-state index contributed by atoms with van der Waals surface area (Å²) in [7, 11) is 0. The minimum Gasteiger partial charge on any atom is -0.545 e. The standard InChI is InChI=1S/C17H20N4O2.H3N/c22-17(23)15-2-1-7-19-16(15)20-12-13-5-10-21(11-6-13)14-3-8-18-9-4-14;/h1-4,7-9,13H,5-6,10-12H2,(H,19,20)(H,22,23);1H3. The van der Waals surface area contributed by atoms with Crippen molar-refractivity contribution in [1.29, 1.82) is 0 Å². The third-order valence-electron chi connectivity index (χ3n) is 4.23. The van der Waals surface area contributed by atoms with E-state index in [9.17, 15) is 9.90 Å². The number of hydrogen-bond donors (Lipinski definition) is 2. The van der Waals surface area contributed by atoms with E-state index in [0.717, 1.165) is 32.5 Å². The Kier molecular flexibility index (Phi) is 6.08. The predicted molar refractivity (Wildman–Crippen MR) is 92.2 cm³/mol. The van der Waals surface area contributed by atoms with Crippen LogP contribution in [0, 0.1) is 5.92 Å². The number of hydrogen-bond acceptors (Lipinski definition) is 6. The van der Waals surface area contributed by atoms with Gasteiger partial charge in [0.15, 0.2) is 0 Å². The lowest BCUT2D eigenvalue weighted by atomic mass is 9.96. The Balaban J connectivity index is 0.00000208. The number of carboxylic acid groups (broad SMARTS) is 1. The second-order valence-electron chi connectivity index (χ2n) is 5.70. The van der Waals surface area contributed by atoms with E-state index in [2.05, 4.69) is 20.2 Å². The second-order valence-corrected chi connectivity index (χ2v) is 5.70. The Morgan fingerprint density at radius 2 is 1.92 bits per heavy atom. The number of aromatic carboxylic acids is 1. The first-order valence-corrected chi connectivity index (χ1v) is 7.79. The molecule has 0 unspecified atom stereocenters. The lowest BCUT2D eigenvalue weighted by molar-refractivity contribution is -0.254. The van der Waals surface area contributed by atoms with E-state index in [-0.39, 0.29) is 11.7 Å². The fraction of sp³-hybridized carbons (Fsp3) is 0.353. The Labute approximate surface area is 141 Å². The normalized spacial score (nSPS) is 14.8. The first-order chi connectivity index (χ1) is 11.2. The van der Waals surface area contributed by atoms with Crippen LogP contribution in [-0.2, 0) is 0 Å². The summed E-state index contributed by atoms with van der Waals surface area (Å²) < 4.78 is 0. The first-order valence-electron chi connectivity index (χ1n) is 7.79. The van der Waals surface area contributed by atoms with Gasteiger partial charge in [-0.1, -0.05) is 0 Å². The van der Waals surface area contributed by atoms with Gasteiger partial charge in [-0.3, -0.25) is 4.98 Å². The number of aromatic nitrogens is 2. The summed E-state index contributed by atoms with van der Waals surface area (Å²) in [5, 5.41) is 14.2. The summed E-state index contributed by atoms with van der Waals surface area (Å²) in [5.74, 6) is -0.304. The van der Waals surface area contributed by atoms with Crippen molar-refractivity contribution in [2.45, 2.75) is 12.8 Å². The molecule has 1 aliphatic rings. The smallest absolute Gasteiger partial charge is 0.135 e. The van der Waals surface area contributed by atoms with Crippen molar-refractivity contribution in [1.82, 2.24) is 16.1 Å². The minimum absolute atomic E-state index is 0. The van der Waals surface area contributed by atoms with Crippen molar-refractivity contribution in [3.05, 3.63) is 48.4 Å². The Morgan fingerprint density at radius 3 is 2.58 bits per heavy atom. The highest BCUT2D eigenvalue weighted by Crippen LogP contribution is 2.23. The van der Waals surface area contributed by atoms with Gasteiger partial charge >= 0.3 is 0 Å². The zero-order chi connectivity index (χ0) is 16.1. The van der Waals surface area contributed by atoms with Crippen molar-refractivity contribution < 1.29 is 9.90 Å². The van der Waals surface area contributed by atoms with Crippen molar-refractivity contribution in [2.24, 2.45) is 5.92 Å². The van der Waals surface area contributed by atoms with Crippen LogP contribution in [0.3, 0.4) is 0 Å². The maximum Gasteiger partial charge on any atom is 0.135 e. The van der Waals surface area contributed by atoms with Crippen LogP contribution in [0.5, 0.6) is 0 Å². The van der Waals surface area contributed by atoms with Crippen LogP contribution in [0.15, 0.2) is 42.9 Å². The third-order valence-corrected chi connectivity index (χ3v) is 4.23. The van der Waals surface area contributed by atoms with E-state index in [0.29, 0.717) is 11.7 Å². The summed E-state index contributed by atoms with van der Waals surface area (Å²) in [6.07, 6.45) is 7.32. The topological polar surface area (TPSA) is 118 Å². The fourth-order valence-electron chi connectivity index (χ4n) is 2.90. The molecule has 24 heavy (non-hydrogen) atoms. The monoisotopic (exact) mass is 329 g/mol. The van der Waals surface area contributed by atoms with Gasteiger partial charge in [-0.15, -0.1) is 0 Å². The molecule has 2 aromatic rings. The molecule has 7 heteroatoms. The van der Waals surface area contributed by atoms with E-state index in [4.69, 9.17) is 0 Å². The molecule has 0 amide bonds. The van der Waals surface area contributed by atoms with Crippen LogP contribution in [0.1, 0.15) is 23.2 Å². The molecule has 128 valence electrons. The first kappa shape index (κ1) is 17.7. The molecule has 5 N–H and O–H groups in total. The summed E-state index contributed by atoms with van der Waals surface area (Å²) in [6.45, 7) is 2.71. The van der Waals surface area contributed by atoms with Gasteiger partial charge < -0.3 is 26.3 Å². The van der Waals surface area contributed by atoms with Gasteiger partial charge in [-0.2, -0.15) is 0 Å². The Bertz CT molecular complexity index is 657. The van der Waals surface area contributed by atoms with Crippen LogP contribution in [-0.4, -0.2) is 35.6 Å². The molecule has 3 heterocycles. The SMILES string of the molecule is O=C([O-])c1cccnc1NCC1CCN(c2ccncc2)CC1.[NH4+]. The lowest BCUT2D eigenvalue weighted by Crippen LogP contribution is -2.36. The number of nitrogens with one attached hydrogen (secondary N) is 1. The maximum atomic E-state index is 11.1. The fourth-order valence-corrected chi connectivity index (χ4v) is 2.90. The van der Waals surface area contributed by atoms with Crippen LogP contribution < -0.4 is 21.5 Å². The number of carbonyl (C=O) groups excluding carboxylic acids is 1. The number of nitrogens with zero attached hydrogens (tertiary/aromatic N) is 3. The maximum absolute atomic E-state index is 11.1. The molecule has 7 nitrogen and oxygen atoms in total. The Morgan fingerprint density at radius 1 is 1.21 bits per heavy atom. The van der Waals surface area contributed by atoms with E-state index in [1.54, 1.807) is 12.3 Å². The van der Waals surface area contributed by atoms with Crippen molar-refractivity contribution in [2.75, 3.05) is 29.9 Å². The van der Waals surface area contributed by atoms with Crippen LogP contribution in [0.4, 0.5) is 11.5 Å². The molecule has 0 saturated carbocycles. The van der Waals surface area contributed by atoms with Crippen LogP contribution in [0.2, 0.25) is 0 Å². The molecule has 0 bridgehead atoms. The number of carbonyl (C=O) groups is 1. The molecular weight excluding hydrogens is 306 g/mol. The average Bonchev–Trinajstić information content (AvgIpc) is 2.61. The minimum atomic E-state index is -1.20. The number of rotatable bonds is 5. The zero-order valence-electron chi connectivity index (χ0n) is 13.8. The third kappa shape index (κ3) is 4.20. The van der Waals surface area contributed by atoms with Gasteiger partial charge in [-0.25, -0.2) is 4.98 Å². The molecule has 0 aromatic carbocycles. The summed E-state index contributed by atoms with van der Waals surface area (Å²) in [5.41, 5.74) is 1.32. The summed E-state index contributed by atoms with van der Waals surface area (Å²) >= 11 is 0. The highest BCUT2D eigenvalue weighted by Gasteiger charge is 2.19. The van der Waals surface area contributed by atoms with E-state index >= 15 is 0 Å². The highest BCUT2D eigenvalue weighted by atomic mass is 16.4. The second kappa shape index (κ2) is 8.26. The zero-order valence-corrected chi connectivity index (χ0v) is 13.8. The van der Waals surface area contributed by atoms with Crippen LogP contribution in [0.25, 0.3) is 0 Å². The summed E-state index contributed by atoms with van der Waals surface area (Å²) in [4.78, 5) is 21.6. The Hall–Kier alpha value is -2.67. The van der Waals surface area contributed by atoms with Crippen molar-refractivity contribution >= 4 is 17.5 Å². The molecule has 0 atom stereocenters. The van der Waals surface area contributed by atoms with E-state index in [1.165, 1.54) is 11.8 Å². The van der Waals surface area contributed by atoms with E-state index in [1.807, 2.05) is 24.5 Å². The van der Waals surface area contributed by atoms with Gasteiger partial charge in [0.2, 0.25) is 0 Å². The molecule has 2 aromatic heterocycles. The molecule has 0 radical (unpaired) electrons. The molecule has 1 saturated heterocycles. The van der Waals surface area contributed by atoms with Crippen LogP contribution >= 0.6 is 0 Å². The van der Waals surface area contributed by atoms with Gasteiger partial charge in [-0.05, 0) is 43.0 Å². The summed E-state index contributed by atoms with van der Waals surface area (Å²) in [6, 6.07) is 7.16. The van der Waals surface area contributed by atoms with Crippen molar-refractivity contribution in [3.63, 3.8) is 0 Å². The number of carboxylic acids is 1. The quantitative estimate of drug-likeness (QED) is 0.859. The molecule has 3 rings (SSSR count).